The van der Waals surface area contributed by atoms with Gasteiger partial charge in [-0.2, -0.15) is 0 Å². The quantitative estimate of drug-likeness (QED) is 0.580. The van der Waals surface area contributed by atoms with Crippen LogP contribution in [0.4, 0.5) is 0 Å². The Kier molecular flexibility index (Phi) is 3.23. The molecule has 70 valence electrons. The van der Waals surface area contributed by atoms with Crippen LogP contribution in [0.2, 0.25) is 0 Å². The van der Waals surface area contributed by atoms with Crippen LogP contribution in [0.3, 0.4) is 0 Å². The van der Waals surface area contributed by atoms with Crippen LogP contribution in [0.15, 0.2) is 0 Å². The van der Waals surface area contributed by atoms with Gasteiger partial charge in [0.1, 0.15) is 0 Å². The fourth-order valence-corrected chi connectivity index (χ4v) is 1.57. The van der Waals surface area contributed by atoms with Gasteiger partial charge in [0, 0.05) is 0 Å². The van der Waals surface area contributed by atoms with Crippen LogP contribution in [-0.4, -0.2) is 0 Å². The molecular formula is C6FeN6Ru. The molecule has 8 heteroatoms. The Labute approximate surface area is 88.9 Å². The molecule has 0 heterocycles. The third-order valence-electron chi connectivity index (χ3n) is 1.19. The fourth-order valence-electron chi connectivity index (χ4n) is 0.265. The van der Waals surface area contributed by atoms with Crippen molar-refractivity contribution in [1.82, 2.24) is 0 Å². The van der Waals surface area contributed by atoms with E-state index in [1.807, 2.05) is 0 Å². The normalized spacial score (nSPS) is 12.4. The molecule has 0 spiro atoms. The molecule has 0 aromatic heterocycles. The third kappa shape index (κ3) is 1.05. The van der Waals surface area contributed by atoms with E-state index in [0.29, 0.717) is 0 Å². The Balaban J connectivity index is 0. The van der Waals surface area contributed by atoms with Gasteiger partial charge in [0.2, 0.25) is 0 Å². The zero-order valence-corrected chi connectivity index (χ0v) is 9.23. The van der Waals surface area contributed by atoms with Crippen molar-refractivity contribution in [3.63, 3.8) is 0 Å². The smallest absolute Gasteiger partial charge is 2.00 e. The molecule has 0 rings (SSSR count). The predicted molar refractivity (Wildman–Crippen MR) is 33.7 cm³/mol. The van der Waals surface area contributed by atoms with Crippen LogP contribution >= 0.6 is 0 Å². The van der Waals surface area contributed by atoms with E-state index in [1.54, 1.807) is 0 Å². The monoisotopic (exact) mass is 314 g/mol. The fraction of sp³-hybridized carbons (Fsp3) is 0. The van der Waals surface area contributed by atoms with Gasteiger partial charge in [-0.1, -0.05) is 0 Å². The maximum Gasteiger partial charge on any atom is 2.00 e. The minimum atomic E-state index is -6.55. The number of hydrogen-bond donors (Lipinski definition) is 0. The zero-order valence-electron chi connectivity index (χ0n) is 6.39. The van der Waals surface area contributed by atoms with Crippen molar-refractivity contribution in [2.75, 3.05) is 0 Å². The molecule has 0 amide bonds. The molecule has 6 nitrogen and oxygen atoms in total. The van der Waals surface area contributed by atoms with E-state index < -0.39 is 12.4 Å². The summed E-state index contributed by atoms with van der Waals surface area (Å²) in [7, 11) is 0. The summed E-state index contributed by atoms with van der Waals surface area (Å²) in [5.41, 5.74) is 0. The molecule has 0 aromatic rings. The van der Waals surface area contributed by atoms with Crippen LogP contribution in [0.1, 0.15) is 0 Å². The SMILES string of the molecule is N#[C][Ru-2]([C]#N)([C]#N)([C]#N)([C]#N)[C]#N.[Fe+2]. The first kappa shape index (κ1) is 14.6. The largest absolute Gasteiger partial charge is 2.00 e. The van der Waals surface area contributed by atoms with Gasteiger partial charge in [0.15, 0.2) is 0 Å². The molecule has 0 atom stereocenters. The van der Waals surface area contributed by atoms with Gasteiger partial charge in [-0.15, -0.1) is 0 Å². The maximum absolute atomic E-state index is 8.59. The van der Waals surface area contributed by atoms with E-state index in [-0.39, 0.29) is 17.1 Å². The maximum atomic E-state index is 8.59. The summed E-state index contributed by atoms with van der Waals surface area (Å²) in [6, 6.07) is 0. The number of nitriles is 6. The first-order chi connectivity index (χ1) is 5.97. The second-order valence-corrected chi connectivity index (χ2v) is 10.6. The van der Waals surface area contributed by atoms with E-state index in [2.05, 4.69) is 0 Å². The van der Waals surface area contributed by atoms with Gasteiger partial charge >= 0.3 is 89.0 Å². The number of nitrogens with zero attached hydrogens (tertiary/aromatic N) is 6. The molecule has 0 aliphatic heterocycles. The van der Waals surface area contributed by atoms with Gasteiger partial charge < -0.3 is 0 Å². The van der Waals surface area contributed by atoms with Crippen molar-refractivity contribution < 1.29 is 29.5 Å². The van der Waals surface area contributed by atoms with Crippen molar-refractivity contribution in [1.29, 1.82) is 31.6 Å². The Morgan fingerprint density at radius 3 is 0.643 bits per heavy atom. The van der Waals surface area contributed by atoms with Crippen LogP contribution in [0.25, 0.3) is 0 Å². The van der Waals surface area contributed by atoms with E-state index in [4.69, 9.17) is 31.6 Å². The molecular weight excluding hydrogens is 313 g/mol. The van der Waals surface area contributed by atoms with Crippen molar-refractivity contribution in [2.24, 2.45) is 0 Å². The van der Waals surface area contributed by atoms with Gasteiger partial charge in [-0.3, -0.25) is 0 Å². The van der Waals surface area contributed by atoms with Gasteiger partial charge in [0.05, 0.1) is 0 Å². The molecule has 0 saturated heterocycles. The second kappa shape index (κ2) is 3.09. The topological polar surface area (TPSA) is 143 Å². The first-order valence-corrected chi connectivity index (χ1v) is 7.62. The van der Waals surface area contributed by atoms with Crippen LogP contribution in [0, 0.1) is 59.6 Å². The second-order valence-electron chi connectivity index (χ2n) is 1.80. The van der Waals surface area contributed by atoms with E-state index in [9.17, 15) is 0 Å². The van der Waals surface area contributed by atoms with Crippen molar-refractivity contribution in [3.8, 4) is 28.0 Å². The standard InChI is InChI=1S/6CN.Fe.Ru/c6*1-2;;/q;;;;;;+2;-2. The van der Waals surface area contributed by atoms with Gasteiger partial charge in [-0.25, -0.2) is 0 Å². The summed E-state index contributed by atoms with van der Waals surface area (Å²) >= 11 is -6.55. The average molecular weight is 313 g/mol. The van der Waals surface area contributed by atoms with E-state index >= 15 is 0 Å². The minimum absolute atomic E-state index is 0. The Morgan fingerprint density at radius 2 is 0.643 bits per heavy atom. The summed E-state index contributed by atoms with van der Waals surface area (Å²) < 4.78 is 6.37. The van der Waals surface area contributed by atoms with Crippen LogP contribution < -0.4 is 0 Å². The summed E-state index contributed by atoms with van der Waals surface area (Å²) in [5, 5.41) is 51.6. The summed E-state index contributed by atoms with van der Waals surface area (Å²) in [4.78, 5) is 0. The van der Waals surface area contributed by atoms with Crippen molar-refractivity contribution in [3.05, 3.63) is 0 Å². The molecule has 0 aliphatic rings. The summed E-state index contributed by atoms with van der Waals surface area (Å²) in [5.74, 6) is 0. The number of rotatable bonds is 0. The van der Waals surface area contributed by atoms with Crippen LogP contribution in [-0.2, 0) is 29.5 Å². The molecule has 0 aromatic carbocycles. The van der Waals surface area contributed by atoms with Crippen LogP contribution in [0.5, 0.6) is 0 Å². The predicted octanol–water partition coefficient (Wildman–Crippen LogP) is 0.0957. The van der Waals surface area contributed by atoms with Crippen molar-refractivity contribution >= 4 is 0 Å². The summed E-state index contributed by atoms with van der Waals surface area (Å²) in [6.07, 6.45) is 0. The Hall–Kier alpha value is -1.92. The molecule has 0 fully saturated rings. The minimum Gasteiger partial charge on any atom is 2.00 e. The van der Waals surface area contributed by atoms with E-state index in [1.165, 1.54) is 0 Å². The number of hydrogen-bond acceptors (Lipinski definition) is 6. The third-order valence-corrected chi connectivity index (χ3v) is 7.02. The Morgan fingerprint density at radius 1 is 0.500 bits per heavy atom. The van der Waals surface area contributed by atoms with E-state index in [0.717, 1.165) is 28.0 Å². The molecule has 0 radical (unpaired) electrons. The molecule has 0 bridgehead atoms. The molecule has 0 saturated carbocycles. The van der Waals surface area contributed by atoms with Gasteiger partial charge in [0.25, 0.3) is 0 Å². The molecule has 0 unspecified atom stereocenters. The molecule has 0 aliphatic carbocycles. The van der Waals surface area contributed by atoms with Gasteiger partial charge in [-0.05, 0) is 0 Å². The zero-order chi connectivity index (χ0) is 10.7. The first-order valence-electron chi connectivity index (χ1n) is 2.40. The summed E-state index contributed by atoms with van der Waals surface area (Å²) in [6.45, 7) is 0. The van der Waals surface area contributed by atoms with Crippen molar-refractivity contribution in [2.45, 2.75) is 0 Å². The average Bonchev–Trinajstić information content (AvgIpc) is 2.26. The molecule has 14 heavy (non-hydrogen) atoms. The Bertz CT molecular complexity index is 392. The molecule has 0 N–H and O–H groups in total.